The molecule has 0 bridgehead atoms. The molecule has 9 heteroatoms. The normalized spacial score (nSPS) is 14.4. The molecule has 28 heavy (non-hydrogen) atoms. The molecule has 9 nitrogen and oxygen atoms in total. The Morgan fingerprint density at radius 2 is 1.82 bits per heavy atom. The third-order valence-electron chi connectivity index (χ3n) is 4.68. The number of rotatable bonds is 5. The molecule has 2 amide bonds. The molecule has 1 aliphatic rings. The van der Waals surface area contributed by atoms with Crippen LogP contribution in [0.3, 0.4) is 0 Å². The van der Waals surface area contributed by atoms with E-state index in [2.05, 4.69) is 20.5 Å². The summed E-state index contributed by atoms with van der Waals surface area (Å²) in [6, 6.07) is 11.1. The molecule has 0 radical (unpaired) electrons. The highest BCUT2D eigenvalue weighted by molar-refractivity contribution is 6.39. The van der Waals surface area contributed by atoms with Crippen molar-refractivity contribution in [3.05, 3.63) is 58.8 Å². The van der Waals surface area contributed by atoms with Gasteiger partial charge in [-0.3, -0.25) is 19.7 Å². The topological polar surface area (TPSA) is 117 Å². The molecule has 0 unspecified atom stereocenters. The van der Waals surface area contributed by atoms with E-state index in [0.29, 0.717) is 18.2 Å². The molecule has 1 aliphatic heterocycles. The van der Waals surface area contributed by atoms with E-state index < -0.39 is 16.7 Å². The number of nitro benzene ring substituents is 1. The van der Waals surface area contributed by atoms with Gasteiger partial charge in [0.05, 0.1) is 4.92 Å². The molecule has 146 valence electrons. The van der Waals surface area contributed by atoms with Gasteiger partial charge >= 0.3 is 11.8 Å². The van der Waals surface area contributed by atoms with Crippen LogP contribution in [0.5, 0.6) is 0 Å². The van der Waals surface area contributed by atoms with E-state index in [9.17, 15) is 19.7 Å². The Hall–Kier alpha value is -3.49. The smallest absolute Gasteiger partial charge is 0.313 e. The van der Waals surface area contributed by atoms with Gasteiger partial charge in [-0.15, -0.1) is 0 Å². The largest absolute Gasteiger partial charge is 0.357 e. The zero-order chi connectivity index (χ0) is 19.9. The van der Waals surface area contributed by atoms with Gasteiger partial charge in [-0.25, -0.2) is 4.98 Å². The molecule has 1 aromatic heterocycles. The van der Waals surface area contributed by atoms with Crippen molar-refractivity contribution in [1.82, 2.24) is 10.3 Å². The standard InChI is InChI=1S/C19H21N5O4/c25-18(19(26)22-15-4-6-16(7-5-15)24(27)28)21-13-14-8-11-23(12-9-14)17-3-1-2-10-20-17/h1-7,10,14H,8-9,11-13H2,(H,21,25)(H,22,26). The first-order valence-electron chi connectivity index (χ1n) is 9.02. The number of piperidine rings is 1. The fraction of sp³-hybridized carbons (Fsp3) is 0.316. The van der Waals surface area contributed by atoms with Crippen LogP contribution in [0.15, 0.2) is 48.7 Å². The molecular weight excluding hydrogens is 362 g/mol. The summed E-state index contributed by atoms with van der Waals surface area (Å²) in [5, 5.41) is 15.7. The number of nitro groups is 1. The number of hydrogen-bond acceptors (Lipinski definition) is 6. The quantitative estimate of drug-likeness (QED) is 0.463. The highest BCUT2D eigenvalue weighted by Gasteiger charge is 2.22. The van der Waals surface area contributed by atoms with Crippen molar-refractivity contribution in [2.24, 2.45) is 5.92 Å². The molecule has 0 saturated carbocycles. The Bertz CT molecular complexity index is 833. The number of hydrogen-bond donors (Lipinski definition) is 2. The lowest BCUT2D eigenvalue weighted by Crippen LogP contribution is -2.42. The lowest BCUT2D eigenvalue weighted by atomic mass is 9.97. The first-order chi connectivity index (χ1) is 13.5. The van der Waals surface area contributed by atoms with Gasteiger partial charge in [0, 0.05) is 43.7 Å². The van der Waals surface area contributed by atoms with Gasteiger partial charge < -0.3 is 15.5 Å². The maximum Gasteiger partial charge on any atom is 0.313 e. The highest BCUT2D eigenvalue weighted by Crippen LogP contribution is 2.21. The lowest BCUT2D eigenvalue weighted by molar-refractivity contribution is -0.384. The van der Waals surface area contributed by atoms with Crippen LogP contribution in [-0.2, 0) is 9.59 Å². The second-order valence-electron chi connectivity index (χ2n) is 6.59. The molecule has 0 spiro atoms. The third-order valence-corrected chi connectivity index (χ3v) is 4.68. The van der Waals surface area contributed by atoms with Crippen LogP contribution >= 0.6 is 0 Å². The van der Waals surface area contributed by atoms with Gasteiger partial charge in [-0.2, -0.15) is 0 Å². The summed E-state index contributed by atoms with van der Waals surface area (Å²) in [5.41, 5.74) is 0.244. The monoisotopic (exact) mass is 383 g/mol. The summed E-state index contributed by atoms with van der Waals surface area (Å²) in [6.45, 7) is 2.14. The van der Waals surface area contributed by atoms with Crippen molar-refractivity contribution >= 4 is 29.0 Å². The molecule has 2 N–H and O–H groups in total. The van der Waals surface area contributed by atoms with Gasteiger partial charge in [0.2, 0.25) is 0 Å². The second kappa shape index (κ2) is 8.94. The second-order valence-corrected chi connectivity index (χ2v) is 6.59. The number of anilines is 2. The number of pyridine rings is 1. The maximum atomic E-state index is 12.0. The minimum atomic E-state index is -0.792. The number of carbonyl (C=O) groups is 2. The summed E-state index contributed by atoms with van der Waals surface area (Å²) >= 11 is 0. The molecule has 3 rings (SSSR count). The Kier molecular flexibility index (Phi) is 6.15. The van der Waals surface area contributed by atoms with E-state index in [1.165, 1.54) is 24.3 Å². The molecule has 0 atom stereocenters. The van der Waals surface area contributed by atoms with E-state index in [1.54, 1.807) is 6.20 Å². The Labute approximate surface area is 161 Å². The van der Waals surface area contributed by atoms with Gasteiger partial charge in [-0.1, -0.05) is 6.07 Å². The van der Waals surface area contributed by atoms with Gasteiger partial charge in [0.1, 0.15) is 5.82 Å². The van der Waals surface area contributed by atoms with E-state index in [0.717, 1.165) is 31.7 Å². The fourth-order valence-electron chi connectivity index (χ4n) is 3.08. The number of non-ortho nitro benzene ring substituents is 1. The highest BCUT2D eigenvalue weighted by atomic mass is 16.6. The van der Waals surface area contributed by atoms with Crippen LogP contribution in [0, 0.1) is 16.0 Å². The lowest BCUT2D eigenvalue weighted by Gasteiger charge is -2.32. The molecule has 2 aromatic rings. The van der Waals surface area contributed by atoms with Crippen molar-refractivity contribution in [2.75, 3.05) is 29.9 Å². The molecule has 1 aromatic carbocycles. The number of benzene rings is 1. The van der Waals surface area contributed by atoms with E-state index >= 15 is 0 Å². The number of aromatic nitrogens is 1. The molecule has 1 saturated heterocycles. The summed E-state index contributed by atoms with van der Waals surface area (Å²) in [6.07, 6.45) is 3.58. The number of nitrogens with one attached hydrogen (secondary N) is 2. The van der Waals surface area contributed by atoms with Gasteiger partial charge in [0.15, 0.2) is 0 Å². The number of carbonyl (C=O) groups excluding carboxylic acids is 2. The van der Waals surface area contributed by atoms with Crippen molar-refractivity contribution in [1.29, 1.82) is 0 Å². The van der Waals surface area contributed by atoms with E-state index in [-0.39, 0.29) is 5.69 Å². The Balaban J connectivity index is 1.41. The van der Waals surface area contributed by atoms with Crippen molar-refractivity contribution in [2.45, 2.75) is 12.8 Å². The zero-order valence-corrected chi connectivity index (χ0v) is 15.2. The van der Waals surface area contributed by atoms with Crippen LogP contribution in [0.1, 0.15) is 12.8 Å². The number of nitrogens with zero attached hydrogens (tertiary/aromatic N) is 3. The maximum absolute atomic E-state index is 12.0. The van der Waals surface area contributed by atoms with Crippen LogP contribution < -0.4 is 15.5 Å². The Morgan fingerprint density at radius 3 is 2.43 bits per heavy atom. The van der Waals surface area contributed by atoms with Crippen molar-refractivity contribution in [3.8, 4) is 0 Å². The zero-order valence-electron chi connectivity index (χ0n) is 15.2. The summed E-state index contributed by atoms with van der Waals surface area (Å²) in [4.78, 5) is 40.6. The van der Waals surface area contributed by atoms with Gasteiger partial charge in [-0.05, 0) is 43.0 Å². The van der Waals surface area contributed by atoms with Crippen LogP contribution in [0.4, 0.5) is 17.2 Å². The van der Waals surface area contributed by atoms with Crippen LogP contribution in [0.2, 0.25) is 0 Å². The summed E-state index contributed by atoms with van der Waals surface area (Å²) in [5.74, 6) is -0.256. The molecular formula is C19H21N5O4. The molecule has 0 aliphatic carbocycles. The molecule has 1 fully saturated rings. The summed E-state index contributed by atoms with van der Waals surface area (Å²) in [7, 11) is 0. The summed E-state index contributed by atoms with van der Waals surface area (Å²) < 4.78 is 0. The van der Waals surface area contributed by atoms with Crippen LogP contribution in [0.25, 0.3) is 0 Å². The predicted octanol–water partition coefficient (Wildman–Crippen LogP) is 1.96. The van der Waals surface area contributed by atoms with Crippen molar-refractivity contribution < 1.29 is 14.5 Å². The average molecular weight is 383 g/mol. The average Bonchev–Trinajstić information content (AvgIpc) is 2.73. The predicted molar refractivity (Wildman–Crippen MR) is 104 cm³/mol. The third kappa shape index (κ3) is 5.03. The Morgan fingerprint density at radius 1 is 1.11 bits per heavy atom. The minimum Gasteiger partial charge on any atom is -0.357 e. The number of amides is 2. The van der Waals surface area contributed by atoms with Crippen molar-refractivity contribution in [3.63, 3.8) is 0 Å². The fourth-order valence-corrected chi connectivity index (χ4v) is 3.08. The van der Waals surface area contributed by atoms with E-state index in [1.807, 2.05) is 18.2 Å². The molecule has 2 heterocycles. The SMILES string of the molecule is O=C(NCC1CCN(c2ccccn2)CC1)C(=O)Nc1ccc([N+](=O)[O-])cc1. The van der Waals surface area contributed by atoms with Crippen LogP contribution in [-0.4, -0.2) is 41.4 Å². The first-order valence-corrected chi connectivity index (χ1v) is 9.02. The van der Waals surface area contributed by atoms with Gasteiger partial charge in [0.25, 0.3) is 5.69 Å². The van der Waals surface area contributed by atoms with E-state index in [4.69, 9.17) is 0 Å². The first kappa shape index (κ1) is 19.3. The minimum absolute atomic E-state index is 0.0838.